The molecule has 1 aromatic heterocycles. The molecule has 1 saturated heterocycles. The Hall–Kier alpha value is -1.73. The second-order valence-corrected chi connectivity index (χ2v) is 4.53. The number of carbonyl (C=O) groups excluding carboxylic acids is 1. The molecule has 2 rings (SSSR count). The molecule has 0 aromatic carbocycles. The molecule has 1 aromatic rings. The average Bonchev–Trinajstić information content (AvgIpc) is 2.87. The Morgan fingerprint density at radius 2 is 2.53 bits per heavy atom. The second-order valence-electron chi connectivity index (χ2n) is 4.53. The maximum atomic E-state index is 13.9. The van der Waals surface area contributed by atoms with E-state index in [4.69, 9.17) is 10.6 Å². The van der Waals surface area contributed by atoms with Crippen LogP contribution in [0.2, 0.25) is 0 Å². The molecule has 1 amide bonds. The van der Waals surface area contributed by atoms with Crippen LogP contribution in [0.1, 0.15) is 16.8 Å². The predicted molar refractivity (Wildman–Crippen MR) is 67.9 cm³/mol. The number of hydrogen-bond donors (Lipinski definition) is 2. The van der Waals surface area contributed by atoms with Gasteiger partial charge in [-0.2, -0.15) is 0 Å². The third-order valence-electron chi connectivity index (χ3n) is 3.23. The van der Waals surface area contributed by atoms with Gasteiger partial charge in [0.15, 0.2) is 11.6 Å². The number of nitrogens with zero attached hydrogens (tertiary/aromatic N) is 2. The molecule has 3 N–H and O–H groups in total. The fraction of sp³-hybridized carbons (Fsp3) is 0.500. The van der Waals surface area contributed by atoms with E-state index in [-0.39, 0.29) is 17.3 Å². The summed E-state index contributed by atoms with van der Waals surface area (Å²) in [5.41, 5.74) is 2.12. The molecule has 0 aliphatic carbocycles. The summed E-state index contributed by atoms with van der Waals surface area (Å²) < 4.78 is 19.0. The molecule has 0 spiro atoms. The average molecular weight is 268 g/mol. The number of anilines is 1. The minimum absolute atomic E-state index is 0.0129. The highest BCUT2D eigenvalue weighted by molar-refractivity contribution is 5.95. The van der Waals surface area contributed by atoms with Crippen LogP contribution in [0, 0.1) is 11.7 Å². The third kappa shape index (κ3) is 2.82. The molecule has 1 unspecified atom stereocenters. The van der Waals surface area contributed by atoms with E-state index in [0.29, 0.717) is 25.6 Å². The van der Waals surface area contributed by atoms with Crippen molar-refractivity contribution in [2.24, 2.45) is 11.8 Å². The number of likely N-dealkylation sites (tertiary alicyclic amines) is 1. The molecule has 19 heavy (non-hydrogen) atoms. The van der Waals surface area contributed by atoms with Crippen molar-refractivity contribution in [2.45, 2.75) is 6.42 Å². The normalized spacial score (nSPS) is 18.7. The zero-order chi connectivity index (χ0) is 13.8. The second kappa shape index (κ2) is 5.94. The Morgan fingerprint density at radius 3 is 3.21 bits per heavy atom. The molecule has 7 heteroatoms. The fourth-order valence-corrected chi connectivity index (χ4v) is 2.27. The SMILES string of the molecule is COCC1CCN(C(=O)c2ccnc(NN)c2F)C1. The Balaban J connectivity index is 2.12. The Bertz CT molecular complexity index is 469. The molecule has 0 saturated carbocycles. The quantitative estimate of drug-likeness (QED) is 0.618. The smallest absolute Gasteiger partial charge is 0.257 e. The van der Waals surface area contributed by atoms with Gasteiger partial charge in [-0.3, -0.25) is 4.79 Å². The lowest BCUT2D eigenvalue weighted by molar-refractivity contribution is 0.0771. The van der Waals surface area contributed by atoms with Gasteiger partial charge in [-0.25, -0.2) is 15.2 Å². The zero-order valence-corrected chi connectivity index (χ0v) is 10.7. The van der Waals surface area contributed by atoms with Crippen LogP contribution in [0.15, 0.2) is 12.3 Å². The highest BCUT2D eigenvalue weighted by atomic mass is 19.1. The number of nitrogens with one attached hydrogen (secondary N) is 1. The largest absolute Gasteiger partial charge is 0.384 e. The van der Waals surface area contributed by atoms with Crippen molar-refractivity contribution in [2.75, 3.05) is 32.2 Å². The van der Waals surface area contributed by atoms with E-state index in [2.05, 4.69) is 10.4 Å². The number of amides is 1. The van der Waals surface area contributed by atoms with Gasteiger partial charge in [-0.1, -0.05) is 0 Å². The first kappa shape index (κ1) is 13.7. The summed E-state index contributed by atoms with van der Waals surface area (Å²) in [7, 11) is 1.63. The van der Waals surface area contributed by atoms with Crippen molar-refractivity contribution in [3.05, 3.63) is 23.6 Å². The minimum atomic E-state index is -0.717. The van der Waals surface area contributed by atoms with Crippen LogP contribution in [-0.4, -0.2) is 42.6 Å². The van der Waals surface area contributed by atoms with Crippen LogP contribution in [0.4, 0.5) is 10.2 Å². The summed E-state index contributed by atoms with van der Waals surface area (Å²) in [6.45, 7) is 1.80. The van der Waals surface area contributed by atoms with E-state index in [1.807, 2.05) is 0 Å². The van der Waals surface area contributed by atoms with Crippen molar-refractivity contribution in [1.82, 2.24) is 9.88 Å². The molecule has 0 radical (unpaired) electrons. The molecule has 6 nitrogen and oxygen atoms in total. The van der Waals surface area contributed by atoms with Gasteiger partial charge in [0.1, 0.15) is 0 Å². The predicted octanol–water partition coefficient (Wildman–Crippen LogP) is 0.615. The standard InChI is InChI=1S/C12H17FN4O2/c1-19-7-8-3-5-17(6-8)12(18)9-2-4-15-11(16-14)10(9)13/h2,4,8H,3,5-7,14H2,1H3,(H,15,16). The van der Waals surface area contributed by atoms with Crippen molar-refractivity contribution in [3.63, 3.8) is 0 Å². The monoisotopic (exact) mass is 268 g/mol. The highest BCUT2D eigenvalue weighted by Gasteiger charge is 2.28. The summed E-state index contributed by atoms with van der Waals surface area (Å²) in [6, 6.07) is 1.36. The molecule has 1 atom stereocenters. The van der Waals surface area contributed by atoms with E-state index >= 15 is 0 Å². The molecule has 2 heterocycles. The zero-order valence-electron chi connectivity index (χ0n) is 10.7. The molecule has 0 bridgehead atoms. The number of aromatic nitrogens is 1. The van der Waals surface area contributed by atoms with Gasteiger partial charge in [0.25, 0.3) is 5.91 Å². The molecular formula is C12H17FN4O2. The Labute approximate surface area is 110 Å². The van der Waals surface area contributed by atoms with Crippen LogP contribution in [-0.2, 0) is 4.74 Å². The molecule has 104 valence electrons. The summed E-state index contributed by atoms with van der Waals surface area (Å²) in [6.07, 6.45) is 2.22. The number of ether oxygens (including phenoxy) is 1. The van der Waals surface area contributed by atoms with Crippen molar-refractivity contribution in [3.8, 4) is 0 Å². The van der Waals surface area contributed by atoms with Crippen molar-refractivity contribution < 1.29 is 13.9 Å². The van der Waals surface area contributed by atoms with Crippen LogP contribution in [0.3, 0.4) is 0 Å². The third-order valence-corrected chi connectivity index (χ3v) is 3.23. The van der Waals surface area contributed by atoms with Gasteiger partial charge in [-0.05, 0) is 12.5 Å². The van der Waals surface area contributed by atoms with E-state index in [1.165, 1.54) is 12.3 Å². The number of nitrogens with two attached hydrogens (primary N) is 1. The van der Waals surface area contributed by atoms with E-state index in [0.717, 1.165) is 6.42 Å². The van der Waals surface area contributed by atoms with E-state index < -0.39 is 5.82 Å². The van der Waals surface area contributed by atoms with Crippen molar-refractivity contribution in [1.29, 1.82) is 0 Å². The van der Waals surface area contributed by atoms with Crippen LogP contribution < -0.4 is 11.3 Å². The summed E-state index contributed by atoms with van der Waals surface area (Å²) in [5.74, 6) is 4.27. The number of nitrogen functional groups attached to an aromatic ring is 1. The number of halogens is 1. The lowest BCUT2D eigenvalue weighted by Gasteiger charge is -2.17. The van der Waals surface area contributed by atoms with Crippen LogP contribution in [0.25, 0.3) is 0 Å². The molecular weight excluding hydrogens is 251 g/mol. The van der Waals surface area contributed by atoms with Crippen LogP contribution in [0.5, 0.6) is 0 Å². The molecule has 1 aliphatic heterocycles. The van der Waals surface area contributed by atoms with Crippen molar-refractivity contribution >= 4 is 11.7 Å². The minimum Gasteiger partial charge on any atom is -0.384 e. The first-order chi connectivity index (χ1) is 9.17. The number of rotatable bonds is 4. The van der Waals surface area contributed by atoms with Gasteiger partial charge >= 0.3 is 0 Å². The number of hydrogen-bond acceptors (Lipinski definition) is 5. The van der Waals surface area contributed by atoms with Gasteiger partial charge in [0.05, 0.1) is 12.2 Å². The first-order valence-corrected chi connectivity index (χ1v) is 6.06. The van der Waals surface area contributed by atoms with Gasteiger partial charge in [-0.15, -0.1) is 0 Å². The fourth-order valence-electron chi connectivity index (χ4n) is 2.27. The van der Waals surface area contributed by atoms with Gasteiger partial charge in [0.2, 0.25) is 0 Å². The summed E-state index contributed by atoms with van der Waals surface area (Å²) in [4.78, 5) is 17.6. The van der Waals surface area contributed by atoms with Gasteiger partial charge < -0.3 is 15.1 Å². The van der Waals surface area contributed by atoms with E-state index in [9.17, 15) is 9.18 Å². The topological polar surface area (TPSA) is 80.5 Å². The number of hydrazine groups is 1. The Kier molecular flexibility index (Phi) is 4.28. The maximum absolute atomic E-state index is 13.9. The summed E-state index contributed by atoms with van der Waals surface area (Å²) >= 11 is 0. The maximum Gasteiger partial charge on any atom is 0.257 e. The lowest BCUT2D eigenvalue weighted by Crippen LogP contribution is -2.30. The highest BCUT2D eigenvalue weighted by Crippen LogP contribution is 2.21. The number of pyridine rings is 1. The molecule has 1 fully saturated rings. The number of methoxy groups -OCH3 is 1. The Morgan fingerprint density at radius 1 is 1.74 bits per heavy atom. The van der Waals surface area contributed by atoms with Crippen LogP contribution >= 0.6 is 0 Å². The lowest BCUT2D eigenvalue weighted by atomic mass is 10.1. The summed E-state index contributed by atoms with van der Waals surface area (Å²) in [5, 5.41) is 0. The first-order valence-electron chi connectivity index (χ1n) is 6.06. The number of carbonyl (C=O) groups is 1. The van der Waals surface area contributed by atoms with E-state index in [1.54, 1.807) is 12.0 Å². The van der Waals surface area contributed by atoms with Gasteiger partial charge in [0, 0.05) is 32.3 Å². The molecule has 1 aliphatic rings.